The van der Waals surface area contributed by atoms with Crippen molar-refractivity contribution in [3.05, 3.63) is 17.9 Å². The third kappa shape index (κ3) is 2.45. The standard InChI is InChI=1S/C17H21FN2O3/c1-19-14-9-13(12(18)8-15(14)23-5-2-16(19)21)20-10-17(11-20)3-6-22-7-4-17/h8-9H,2-7,10-11H2,1H3. The van der Waals surface area contributed by atoms with Crippen molar-refractivity contribution >= 4 is 17.3 Å². The topological polar surface area (TPSA) is 42.0 Å². The van der Waals surface area contributed by atoms with Gasteiger partial charge in [0.05, 0.1) is 24.4 Å². The van der Waals surface area contributed by atoms with Crippen molar-refractivity contribution in [1.82, 2.24) is 0 Å². The molecule has 3 aliphatic rings. The zero-order chi connectivity index (χ0) is 16.0. The van der Waals surface area contributed by atoms with Crippen molar-refractivity contribution < 1.29 is 18.7 Å². The Hall–Kier alpha value is -1.82. The molecule has 124 valence electrons. The van der Waals surface area contributed by atoms with Crippen LogP contribution in [0.5, 0.6) is 5.75 Å². The number of nitrogens with zero attached hydrogens (tertiary/aromatic N) is 2. The van der Waals surface area contributed by atoms with Crippen LogP contribution in [-0.2, 0) is 9.53 Å². The van der Waals surface area contributed by atoms with Crippen molar-refractivity contribution in [2.24, 2.45) is 5.41 Å². The highest BCUT2D eigenvalue weighted by atomic mass is 19.1. The average molecular weight is 320 g/mol. The van der Waals surface area contributed by atoms with E-state index in [1.165, 1.54) is 6.07 Å². The highest BCUT2D eigenvalue weighted by Crippen LogP contribution is 2.45. The number of halogens is 1. The van der Waals surface area contributed by atoms with Gasteiger partial charge < -0.3 is 19.3 Å². The molecule has 0 bridgehead atoms. The number of fused-ring (bicyclic) bond motifs is 1. The van der Waals surface area contributed by atoms with Gasteiger partial charge in [0.1, 0.15) is 11.6 Å². The molecule has 6 heteroatoms. The smallest absolute Gasteiger partial charge is 0.230 e. The second-order valence-electron chi connectivity index (χ2n) is 6.79. The van der Waals surface area contributed by atoms with Gasteiger partial charge in [-0.1, -0.05) is 0 Å². The molecule has 0 atom stereocenters. The van der Waals surface area contributed by atoms with E-state index in [1.54, 1.807) is 18.0 Å². The number of carbonyl (C=O) groups excluding carboxylic acids is 1. The van der Waals surface area contributed by atoms with Crippen molar-refractivity contribution in [2.75, 3.05) is 49.8 Å². The van der Waals surface area contributed by atoms with Crippen molar-refractivity contribution in [3.63, 3.8) is 0 Å². The van der Waals surface area contributed by atoms with Gasteiger partial charge in [0.15, 0.2) is 0 Å². The molecule has 0 aromatic heterocycles. The summed E-state index contributed by atoms with van der Waals surface area (Å²) in [4.78, 5) is 15.6. The van der Waals surface area contributed by atoms with Crippen LogP contribution in [0.25, 0.3) is 0 Å². The molecule has 0 saturated carbocycles. The molecule has 0 N–H and O–H groups in total. The fourth-order valence-corrected chi connectivity index (χ4v) is 3.76. The van der Waals surface area contributed by atoms with Crippen molar-refractivity contribution in [2.45, 2.75) is 19.3 Å². The van der Waals surface area contributed by atoms with Gasteiger partial charge in [-0.25, -0.2) is 4.39 Å². The number of ether oxygens (including phenoxy) is 2. The number of benzene rings is 1. The van der Waals surface area contributed by atoms with Gasteiger partial charge in [-0.2, -0.15) is 0 Å². The van der Waals surface area contributed by atoms with E-state index in [4.69, 9.17) is 9.47 Å². The maximum absolute atomic E-state index is 14.5. The molecule has 23 heavy (non-hydrogen) atoms. The highest BCUT2D eigenvalue weighted by Gasteiger charge is 2.44. The highest BCUT2D eigenvalue weighted by molar-refractivity contribution is 5.95. The first-order chi connectivity index (χ1) is 11.1. The zero-order valence-corrected chi connectivity index (χ0v) is 13.3. The Morgan fingerprint density at radius 2 is 1.87 bits per heavy atom. The van der Waals surface area contributed by atoms with Crippen LogP contribution < -0.4 is 14.5 Å². The molecule has 3 heterocycles. The third-order valence-electron chi connectivity index (χ3n) is 5.28. The van der Waals surface area contributed by atoms with Crippen LogP contribution in [0.1, 0.15) is 19.3 Å². The Kier molecular flexibility index (Phi) is 3.44. The minimum Gasteiger partial charge on any atom is -0.491 e. The third-order valence-corrected chi connectivity index (χ3v) is 5.28. The van der Waals surface area contributed by atoms with E-state index >= 15 is 0 Å². The zero-order valence-electron chi connectivity index (χ0n) is 13.3. The summed E-state index contributed by atoms with van der Waals surface area (Å²) in [6.07, 6.45) is 2.39. The van der Waals surface area contributed by atoms with Crippen LogP contribution in [0.15, 0.2) is 12.1 Å². The summed E-state index contributed by atoms with van der Waals surface area (Å²) in [6, 6.07) is 3.16. The molecule has 1 aromatic carbocycles. The van der Waals surface area contributed by atoms with Gasteiger partial charge in [-0.15, -0.1) is 0 Å². The predicted molar refractivity (Wildman–Crippen MR) is 84.6 cm³/mol. The SMILES string of the molecule is CN1C(=O)CCOc2cc(F)c(N3CC4(CCOCC4)C3)cc21. The van der Waals surface area contributed by atoms with Gasteiger partial charge in [-0.3, -0.25) is 4.79 Å². The molecule has 2 saturated heterocycles. The van der Waals surface area contributed by atoms with E-state index in [0.29, 0.717) is 30.2 Å². The van der Waals surface area contributed by atoms with Crippen molar-refractivity contribution in [3.8, 4) is 5.75 Å². The fourth-order valence-electron chi connectivity index (χ4n) is 3.76. The van der Waals surface area contributed by atoms with Crippen LogP contribution >= 0.6 is 0 Å². The van der Waals surface area contributed by atoms with Crippen molar-refractivity contribution in [1.29, 1.82) is 0 Å². The maximum atomic E-state index is 14.5. The number of hydrogen-bond donors (Lipinski definition) is 0. The van der Waals surface area contributed by atoms with Crippen LogP contribution in [0.3, 0.4) is 0 Å². The number of amides is 1. The van der Waals surface area contributed by atoms with Gasteiger partial charge in [0, 0.05) is 44.8 Å². The number of anilines is 2. The van der Waals surface area contributed by atoms with Crippen LogP contribution in [0.2, 0.25) is 0 Å². The van der Waals surface area contributed by atoms with E-state index in [9.17, 15) is 9.18 Å². The molecule has 4 rings (SSSR count). The summed E-state index contributed by atoms with van der Waals surface area (Å²) in [6.45, 7) is 3.59. The summed E-state index contributed by atoms with van der Waals surface area (Å²) < 4.78 is 25.5. The minimum absolute atomic E-state index is 0.00850. The summed E-state index contributed by atoms with van der Waals surface area (Å²) in [5, 5.41) is 0. The molecule has 0 unspecified atom stereocenters. The van der Waals surface area contributed by atoms with E-state index in [1.807, 2.05) is 0 Å². The normalized spacial score (nSPS) is 23.1. The Morgan fingerprint density at radius 3 is 2.61 bits per heavy atom. The largest absolute Gasteiger partial charge is 0.491 e. The maximum Gasteiger partial charge on any atom is 0.230 e. The summed E-state index contributed by atoms with van der Waals surface area (Å²) >= 11 is 0. The molecule has 0 aliphatic carbocycles. The first kappa shape index (κ1) is 14.8. The quantitative estimate of drug-likeness (QED) is 0.795. The molecule has 1 amide bonds. The average Bonchev–Trinajstić information content (AvgIpc) is 2.65. The van der Waals surface area contributed by atoms with Gasteiger partial charge in [0.2, 0.25) is 5.91 Å². The molecule has 2 fully saturated rings. The Labute approximate surface area is 135 Å². The van der Waals surface area contributed by atoms with Crippen LogP contribution in [-0.4, -0.2) is 45.9 Å². The first-order valence-electron chi connectivity index (χ1n) is 8.14. The fraction of sp³-hybridized carbons (Fsp3) is 0.588. The monoisotopic (exact) mass is 320 g/mol. The lowest BCUT2D eigenvalue weighted by Gasteiger charge is -2.53. The predicted octanol–water partition coefficient (Wildman–Crippen LogP) is 2.19. The number of carbonyl (C=O) groups is 1. The molecular weight excluding hydrogens is 299 g/mol. The molecule has 5 nitrogen and oxygen atoms in total. The van der Waals surface area contributed by atoms with Crippen LogP contribution in [0, 0.1) is 11.2 Å². The van der Waals surface area contributed by atoms with E-state index in [0.717, 1.165) is 39.1 Å². The van der Waals surface area contributed by atoms with Crippen LogP contribution in [0.4, 0.5) is 15.8 Å². The Balaban J connectivity index is 1.60. The second-order valence-corrected chi connectivity index (χ2v) is 6.79. The lowest BCUT2D eigenvalue weighted by Crippen LogP contribution is -2.58. The van der Waals surface area contributed by atoms with Gasteiger partial charge in [0.25, 0.3) is 0 Å². The molecule has 3 aliphatic heterocycles. The first-order valence-corrected chi connectivity index (χ1v) is 8.14. The Morgan fingerprint density at radius 1 is 1.13 bits per heavy atom. The number of rotatable bonds is 1. The summed E-state index contributed by atoms with van der Waals surface area (Å²) in [5.41, 5.74) is 1.48. The molecular formula is C17H21FN2O3. The van der Waals surface area contributed by atoms with Gasteiger partial charge in [-0.05, 0) is 18.9 Å². The molecule has 0 radical (unpaired) electrons. The lowest BCUT2D eigenvalue weighted by molar-refractivity contribution is -0.118. The van der Waals surface area contributed by atoms with E-state index < -0.39 is 0 Å². The number of hydrogen-bond acceptors (Lipinski definition) is 4. The minimum atomic E-state index is -0.284. The summed E-state index contributed by atoms with van der Waals surface area (Å²) in [7, 11) is 1.72. The van der Waals surface area contributed by atoms with E-state index in [2.05, 4.69) is 4.90 Å². The lowest BCUT2D eigenvalue weighted by atomic mass is 9.73. The Bertz CT molecular complexity index is 635. The van der Waals surface area contributed by atoms with Gasteiger partial charge >= 0.3 is 0 Å². The summed E-state index contributed by atoms with van der Waals surface area (Å²) in [5.74, 6) is 0.153. The second kappa shape index (κ2) is 5.37. The van der Waals surface area contributed by atoms with E-state index in [-0.39, 0.29) is 17.1 Å². The molecule has 1 spiro atoms. The molecule has 1 aromatic rings.